The molecule has 1 aliphatic rings. The average Bonchev–Trinajstić information content (AvgIpc) is 2.92. The van der Waals surface area contributed by atoms with E-state index in [1.165, 1.54) is 7.11 Å². The fourth-order valence-corrected chi connectivity index (χ4v) is 4.35. The molecule has 1 fully saturated rings. The highest BCUT2D eigenvalue weighted by Gasteiger charge is 2.27. The number of nitrogens with one attached hydrogen (secondary N) is 2. The van der Waals surface area contributed by atoms with Crippen molar-refractivity contribution in [1.29, 1.82) is 0 Å². The van der Waals surface area contributed by atoms with Gasteiger partial charge in [0, 0.05) is 35.9 Å². The Morgan fingerprint density at radius 2 is 1.74 bits per heavy atom. The molecule has 7 heteroatoms. The molecule has 0 spiro atoms. The summed E-state index contributed by atoms with van der Waals surface area (Å²) in [5.41, 5.74) is 2.80. The van der Waals surface area contributed by atoms with Gasteiger partial charge >= 0.3 is 0 Å². The Bertz CT molecular complexity index is 1160. The van der Waals surface area contributed by atoms with Crippen LogP contribution in [0.2, 0.25) is 0 Å². The average molecular weight is 474 g/mol. The molecular weight excluding hydrogens is 442 g/mol. The Morgan fingerprint density at radius 3 is 2.46 bits per heavy atom. The summed E-state index contributed by atoms with van der Waals surface area (Å²) in [6, 6.07) is 22.4. The number of hydrogen-bond donors (Lipinski definition) is 2. The number of methoxy groups -OCH3 is 2. The highest BCUT2D eigenvalue weighted by molar-refractivity contribution is 6.06. The number of nitrogens with zero attached hydrogens (tertiary/aromatic N) is 1. The van der Waals surface area contributed by atoms with E-state index in [-0.39, 0.29) is 17.9 Å². The second kappa shape index (κ2) is 11.5. The molecule has 1 unspecified atom stereocenters. The molecule has 1 aliphatic heterocycles. The van der Waals surface area contributed by atoms with E-state index in [1.54, 1.807) is 25.3 Å². The van der Waals surface area contributed by atoms with Crippen LogP contribution in [0.15, 0.2) is 72.8 Å². The van der Waals surface area contributed by atoms with Gasteiger partial charge in [-0.3, -0.25) is 9.59 Å². The maximum Gasteiger partial charge on any atom is 0.258 e. The molecular formula is C28H31N3O4. The molecule has 3 aromatic carbocycles. The first-order valence-electron chi connectivity index (χ1n) is 11.8. The summed E-state index contributed by atoms with van der Waals surface area (Å²) < 4.78 is 10.5. The molecule has 4 rings (SSSR count). The van der Waals surface area contributed by atoms with E-state index >= 15 is 0 Å². The number of ether oxygens (including phenoxy) is 2. The summed E-state index contributed by atoms with van der Waals surface area (Å²) in [6.45, 7) is 2.04. The molecule has 3 aromatic rings. The van der Waals surface area contributed by atoms with Crippen LogP contribution in [0, 0.1) is 0 Å². The molecule has 0 aliphatic carbocycles. The maximum atomic E-state index is 13.7. The number of benzene rings is 3. The normalized spacial score (nSPS) is 15.2. The van der Waals surface area contributed by atoms with Crippen molar-refractivity contribution in [1.82, 2.24) is 10.6 Å². The van der Waals surface area contributed by atoms with Gasteiger partial charge in [0.2, 0.25) is 0 Å². The minimum absolute atomic E-state index is 0.0435. The molecule has 35 heavy (non-hydrogen) atoms. The third kappa shape index (κ3) is 5.81. The molecule has 0 bridgehead atoms. The van der Waals surface area contributed by atoms with Gasteiger partial charge in [0.05, 0.1) is 14.2 Å². The van der Waals surface area contributed by atoms with Crippen LogP contribution >= 0.6 is 0 Å². The minimum atomic E-state index is -0.234. The number of amides is 2. The highest BCUT2D eigenvalue weighted by Crippen LogP contribution is 2.27. The van der Waals surface area contributed by atoms with Crippen molar-refractivity contribution in [3.05, 3.63) is 89.5 Å². The number of rotatable bonds is 8. The summed E-state index contributed by atoms with van der Waals surface area (Å²) in [4.78, 5) is 28.3. The van der Waals surface area contributed by atoms with Gasteiger partial charge in [-0.05, 0) is 67.4 Å². The third-order valence-corrected chi connectivity index (χ3v) is 6.16. The maximum absolute atomic E-state index is 13.7. The summed E-state index contributed by atoms with van der Waals surface area (Å²) >= 11 is 0. The molecule has 0 radical (unpaired) electrons. The van der Waals surface area contributed by atoms with Gasteiger partial charge in [0.15, 0.2) is 11.5 Å². The molecule has 0 aromatic heterocycles. The van der Waals surface area contributed by atoms with Crippen LogP contribution in [0.5, 0.6) is 11.5 Å². The van der Waals surface area contributed by atoms with Crippen LogP contribution < -0.4 is 25.0 Å². The molecule has 1 atom stereocenters. The zero-order chi connectivity index (χ0) is 24.6. The van der Waals surface area contributed by atoms with Gasteiger partial charge in [0.25, 0.3) is 11.8 Å². The van der Waals surface area contributed by atoms with Crippen molar-refractivity contribution in [3.8, 4) is 11.5 Å². The van der Waals surface area contributed by atoms with Crippen LogP contribution in [-0.4, -0.2) is 45.2 Å². The number of hydrogen-bond acceptors (Lipinski definition) is 5. The van der Waals surface area contributed by atoms with Crippen molar-refractivity contribution < 1.29 is 19.1 Å². The smallest absolute Gasteiger partial charge is 0.258 e. The number of carbonyl (C=O) groups excluding carboxylic acids is 2. The SMILES string of the molecule is COc1ccc(C(=O)NCc2cccc(C(=O)N(c3ccccc3)C3CCCNC3)c2)cc1OC. The first kappa shape index (κ1) is 24.3. The quantitative estimate of drug-likeness (QED) is 0.516. The van der Waals surface area contributed by atoms with Gasteiger partial charge in [0.1, 0.15) is 0 Å². The predicted molar refractivity (Wildman–Crippen MR) is 136 cm³/mol. The first-order chi connectivity index (χ1) is 17.1. The predicted octanol–water partition coefficient (Wildman–Crippen LogP) is 4.03. The molecule has 7 nitrogen and oxygen atoms in total. The number of para-hydroxylation sites is 1. The van der Waals surface area contributed by atoms with Crippen molar-refractivity contribution in [3.63, 3.8) is 0 Å². The number of carbonyl (C=O) groups is 2. The lowest BCUT2D eigenvalue weighted by atomic mass is 10.0. The summed E-state index contributed by atoms with van der Waals surface area (Å²) in [5, 5.41) is 6.33. The molecule has 2 amide bonds. The Hall–Kier alpha value is -3.84. The van der Waals surface area contributed by atoms with E-state index in [0.29, 0.717) is 29.2 Å². The van der Waals surface area contributed by atoms with E-state index in [9.17, 15) is 9.59 Å². The number of piperidine rings is 1. The zero-order valence-electron chi connectivity index (χ0n) is 20.1. The summed E-state index contributed by atoms with van der Waals surface area (Å²) in [6.07, 6.45) is 1.98. The van der Waals surface area contributed by atoms with E-state index in [4.69, 9.17) is 9.47 Å². The fraction of sp³-hybridized carbons (Fsp3) is 0.286. The Morgan fingerprint density at radius 1 is 0.943 bits per heavy atom. The topological polar surface area (TPSA) is 79.9 Å². The number of anilines is 1. The second-order valence-corrected chi connectivity index (χ2v) is 8.46. The lowest BCUT2D eigenvalue weighted by Gasteiger charge is -2.35. The van der Waals surface area contributed by atoms with E-state index in [0.717, 1.165) is 37.2 Å². The van der Waals surface area contributed by atoms with Crippen LogP contribution in [0.1, 0.15) is 39.1 Å². The zero-order valence-corrected chi connectivity index (χ0v) is 20.1. The Labute approximate surface area is 206 Å². The van der Waals surface area contributed by atoms with Gasteiger partial charge in [-0.2, -0.15) is 0 Å². The lowest BCUT2D eigenvalue weighted by Crippen LogP contribution is -2.49. The van der Waals surface area contributed by atoms with Gasteiger partial charge < -0.3 is 25.0 Å². The summed E-state index contributed by atoms with van der Waals surface area (Å²) in [7, 11) is 3.08. The molecule has 1 saturated heterocycles. The largest absolute Gasteiger partial charge is 0.493 e. The van der Waals surface area contributed by atoms with E-state index < -0.39 is 0 Å². The second-order valence-electron chi connectivity index (χ2n) is 8.46. The van der Waals surface area contributed by atoms with Crippen molar-refractivity contribution in [2.45, 2.75) is 25.4 Å². The van der Waals surface area contributed by atoms with Gasteiger partial charge in [-0.1, -0.05) is 30.3 Å². The van der Waals surface area contributed by atoms with Crippen LogP contribution in [0.3, 0.4) is 0 Å². The first-order valence-corrected chi connectivity index (χ1v) is 11.8. The van der Waals surface area contributed by atoms with Crippen LogP contribution in [0.4, 0.5) is 5.69 Å². The standard InChI is InChI=1S/C28H31N3O4/c1-34-25-14-13-21(17-26(25)35-2)27(32)30-18-20-8-6-9-22(16-20)28(33)31(23-10-4-3-5-11-23)24-12-7-15-29-19-24/h3-6,8-11,13-14,16-17,24,29H,7,12,15,18-19H2,1-2H3,(H,30,32). The fourth-order valence-electron chi connectivity index (χ4n) is 4.35. The monoisotopic (exact) mass is 473 g/mol. The van der Waals surface area contributed by atoms with Gasteiger partial charge in [-0.25, -0.2) is 0 Å². The van der Waals surface area contributed by atoms with Crippen molar-refractivity contribution >= 4 is 17.5 Å². The van der Waals surface area contributed by atoms with Crippen molar-refractivity contribution in [2.75, 3.05) is 32.2 Å². The van der Waals surface area contributed by atoms with E-state index in [1.807, 2.05) is 59.5 Å². The lowest BCUT2D eigenvalue weighted by molar-refractivity contribution is 0.0949. The molecule has 2 N–H and O–H groups in total. The van der Waals surface area contributed by atoms with Crippen LogP contribution in [-0.2, 0) is 6.54 Å². The van der Waals surface area contributed by atoms with Gasteiger partial charge in [-0.15, -0.1) is 0 Å². The molecule has 182 valence electrons. The Kier molecular flexibility index (Phi) is 8.00. The highest BCUT2D eigenvalue weighted by atomic mass is 16.5. The Balaban J connectivity index is 1.49. The summed E-state index contributed by atoms with van der Waals surface area (Å²) in [5.74, 6) is 0.775. The molecule has 1 heterocycles. The van der Waals surface area contributed by atoms with Crippen molar-refractivity contribution in [2.24, 2.45) is 0 Å². The third-order valence-electron chi connectivity index (χ3n) is 6.16. The molecule has 0 saturated carbocycles. The van der Waals surface area contributed by atoms with E-state index in [2.05, 4.69) is 10.6 Å². The van der Waals surface area contributed by atoms with Crippen LogP contribution in [0.25, 0.3) is 0 Å². The minimum Gasteiger partial charge on any atom is -0.493 e.